The van der Waals surface area contributed by atoms with Gasteiger partial charge in [0.1, 0.15) is 29.9 Å². The van der Waals surface area contributed by atoms with E-state index in [1.807, 2.05) is 116 Å². The molecule has 0 radical (unpaired) electrons. The minimum atomic E-state index is -0.525. The second-order valence-electron chi connectivity index (χ2n) is 10.6. The van der Waals surface area contributed by atoms with E-state index in [-0.39, 0.29) is 0 Å². The van der Waals surface area contributed by atoms with Crippen LogP contribution in [0.15, 0.2) is 121 Å². The van der Waals surface area contributed by atoms with Crippen LogP contribution in [0.3, 0.4) is 0 Å². The molecule has 6 nitrogen and oxygen atoms in total. The Labute approximate surface area is 276 Å². The average molecular weight is 645 g/mol. The largest absolute Gasteiger partial charge is 0.479 e. The molecular formula is C37H40O6S2. The fourth-order valence-corrected chi connectivity index (χ4v) is 6.43. The van der Waals surface area contributed by atoms with Crippen LogP contribution in [0.5, 0.6) is 0 Å². The summed E-state index contributed by atoms with van der Waals surface area (Å²) >= 11 is 6.92. The van der Waals surface area contributed by atoms with E-state index in [1.165, 1.54) is 11.8 Å². The van der Waals surface area contributed by atoms with Gasteiger partial charge >= 0.3 is 0 Å². The molecule has 4 aromatic carbocycles. The molecule has 1 aliphatic heterocycles. The predicted octanol–water partition coefficient (Wildman–Crippen LogP) is 7.74. The van der Waals surface area contributed by atoms with Gasteiger partial charge in [0.25, 0.3) is 0 Å². The first-order valence-electron chi connectivity index (χ1n) is 15.3. The van der Waals surface area contributed by atoms with Gasteiger partial charge in [-0.25, -0.2) is 0 Å². The van der Waals surface area contributed by atoms with E-state index in [1.54, 1.807) is 0 Å². The van der Waals surface area contributed by atoms with Gasteiger partial charge in [-0.1, -0.05) is 121 Å². The van der Waals surface area contributed by atoms with Gasteiger partial charge in [0, 0.05) is 0 Å². The minimum Gasteiger partial charge on any atom is -0.479 e. The van der Waals surface area contributed by atoms with Gasteiger partial charge in [0.2, 0.25) is 4.38 Å². The lowest BCUT2D eigenvalue weighted by atomic mass is 9.98. The molecular weight excluding hydrogens is 605 g/mol. The van der Waals surface area contributed by atoms with Crippen molar-refractivity contribution in [2.75, 3.05) is 13.2 Å². The molecule has 0 N–H and O–H groups in total. The topological polar surface area (TPSA) is 55.4 Å². The van der Waals surface area contributed by atoms with E-state index in [2.05, 4.69) is 12.1 Å². The highest BCUT2D eigenvalue weighted by Gasteiger charge is 2.49. The van der Waals surface area contributed by atoms with Crippen molar-refractivity contribution in [1.82, 2.24) is 0 Å². The van der Waals surface area contributed by atoms with Gasteiger partial charge < -0.3 is 28.4 Å². The molecule has 5 atom stereocenters. The molecule has 0 aliphatic carbocycles. The van der Waals surface area contributed by atoms with Crippen molar-refractivity contribution < 1.29 is 28.4 Å². The number of thiocarbonyl (C=S) groups is 1. The fourth-order valence-electron chi connectivity index (χ4n) is 5.09. The van der Waals surface area contributed by atoms with Crippen LogP contribution in [-0.2, 0) is 54.8 Å². The van der Waals surface area contributed by atoms with E-state index >= 15 is 0 Å². The summed E-state index contributed by atoms with van der Waals surface area (Å²) in [6.45, 7) is 4.27. The summed E-state index contributed by atoms with van der Waals surface area (Å²) in [4.78, 5) is 0. The second kappa shape index (κ2) is 18.2. The Morgan fingerprint density at radius 2 is 1.02 bits per heavy atom. The third-order valence-electron chi connectivity index (χ3n) is 7.32. The Bertz CT molecular complexity index is 1390. The van der Waals surface area contributed by atoms with Crippen molar-refractivity contribution in [2.24, 2.45) is 0 Å². The molecule has 0 bridgehead atoms. The molecule has 5 rings (SSSR count). The molecule has 0 aromatic heterocycles. The highest BCUT2D eigenvalue weighted by molar-refractivity contribution is 8.22. The lowest BCUT2D eigenvalue weighted by Gasteiger charge is -2.45. The Morgan fingerprint density at radius 3 is 1.49 bits per heavy atom. The number of rotatable bonds is 15. The molecule has 0 unspecified atom stereocenters. The predicted molar refractivity (Wildman–Crippen MR) is 182 cm³/mol. The molecule has 4 aromatic rings. The van der Waals surface area contributed by atoms with Gasteiger partial charge in [-0.2, -0.15) is 0 Å². The first-order valence-corrected chi connectivity index (χ1v) is 16.6. The summed E-state index contributed by atoms with van der Waals surface area (Å²) in [5, 5.41) is 0. The monoisotopic (exact) mass is 644 g/mol. The molecule has 0 saturated carbocycles. The Balaban J connectivity index is 1.44. The number of ether oxygens (including phenoxy) is 6. The minimum absolute atomic E-state index is 0.295. The van der Waals surface area contributed by atoms with E-state index < -0.39 is 29.9 Å². The van der Waals surface area contributed by atoms with Crippen LogP contribution in [0.1, 0.15) is 29.2 Å². The third-order valence-corrected chi connectivity index (χ3v) is 8.64. The maximum Gasteiger partial charge on any atom is 0.222 e. The highest BCUT2D eigenvalue weighted by Crippen LogP contribution is 2.36. The molecule has 1 saturated heterocycles. The quantitative estimate of drug-likeness (QED) is 0.122. The van der Waals surface area contributed by atoms with Crippen LogP contribution in [0.2, 0.25) is 0 Å². The van der Waals surface area contributed by atoms with Crippen LogP contribution in [0.4, 0.5) is 0 Å². The molecule has 1 fully saturated rings. The van der Waals surface area contributed by atoms with Gasteiger partial charge in [-0.3, -0.25) is 0 Å². The SMILES string of the molecule is CCOC(=S)S[C@@H]1O[C@H](COCc2ccccc2)[C@@H](OCc2ccccc2)[C@H](OCc2ccccc2)[C@H]1OCc1ccccc1. The van der Waals surface area contributed by atoms with E-state index in [0.717, 1.165) is 22.3 Å². The number of hydrogen-bond donors (Lipinski definition) is 0. The Kier molecular flexibility index (Phi) is 13.4. The summed E-state index contributed by atoms with van der Waals surface area (Å²) in [6.07, 6.45) is -1.98. The maximum absolute atomic E-state index is 6.77. The summed E-state index contributed by atoms with van der Waals surface area (Å²) in [5.41, 5.74) is 3.72. The lowest BCUT2D eigenvalue weighted by molar-refractivity contribution is -0.254. The normalized spacial score (nSPS) is 21.3. The molecule has 236 valence electrons. The summed E-state index contributed by atoms with van der Waals surface area (Å²) in [6, 6.07) is 40.4. The molecule has 45 heavy (non-hydrogen) atoms. The Morgan fingerprint density at radius 1 is 0.600 bits per heavy atom. The third kappa shape index (κ3) is 10.5. The van der Waals surface area contributed by atoms with Crippen LogP contribution in [0.25, 0.3) is 0 Å². The number of benzene rings is 4. The van der Waals surface area contributed by atoms with Crippen LogP contribution in [0, 0.1) is 0 Å². The number of hydrogen-bond acceptors (Lipinski definition) is 8. The van der Waals surface area contributed by atoms with Crippen LogP contribution < -0.4 is 0 Å². The van der Waals surface area contributed by atoms with Crippen molar-refractivity contribution in [2.45, 2.75) is 63.2 Å². The molecule has 8 heteroatoms. The van der Waals surface area contributed by atoms with Crippen molar-refractivity contribution >= 4 is 28.4 Å². The first-order chi connectivity index (χ1) is 22.2. The zero-order valence-corrected chi connectivity index (χ0v) is 27.1. The first kappa shape index (κ1) is 33.3. The van der Waals surface area contributed by atoms with E-state index in [0.29, 0.717) is 44.0 Å². The lowest BCUT2D eigenvalue weighted by Crippen LogP contribution is -2.60. The van der Waals surface area contributed by atoms with Gasteiger partial charge in [0.05, 0.1) is 39.6 Å². The fraction of sp³-hybridized carbons (Fsp3) is 0.324. The van der Waals surface area contributed by atoms with Crippen molar-refractivity contribution in [3.05, 3.63) is 144 Å². The smallest absolute Gasteiger partial charge is 0.222 e. The van der Waals surface area contributed by atoms with Crippen LogP contribution in [-0.4, -0.2) is 47.4 Å². The maximum atomic E-state index is 6.77. The molecule has 0 amide bonds. The standard InChI is InChI=1S/C37H40O6S2/c1-2-39-37(44)45-36-35(42-26-31-21-13-6-14-22-31)34(41-25-30-19-11-5-12-20-30)33(40-24-29-17-9-4-10-18-29)32(43-36)27-38-23-28-15-7-3-8-16-28/h3-22,32-36H,2,23-27H2,1H3/t32-,33-,34+,35-,36+/m1/s1. The van der Waals surface area contributed by atoms with Gasteiger partial charge in [-0.15, -0.1) is 0 Å². The van der Waals surface area contributed by atoms with Crippen molar-refractivity contribution in [3.63, 3.8) is 0 Å². The molecule has 1 aliphatic rings. The zero-order valence-electron chi connectivity index (χ0n) is 25.4. The van der Waals surface area contributed by atoms with E-state index in [4.69, 9.17) is 40.6 Å². The zero-order chi connectivity index (χ0) is 31.1. The second-order valence-corrected chi connectivity index (χ2v) is 12.3. The summed E-state index contributed by atoms with van der Waals surface area (Å²) in [5.74, 6) is 0. The van der Waals surface area contributed by atoms with Crippen LogP contribution >= 0.6 is 24.0 Å². The molecule has 1 heterocycles. The van der Waals surface area contributed by atoms with Gasteiger partial charge in [0.15, 0.2) is 0 Å². The summed E-state index contributed by atoms with van der Waals surface area (Å²) < 4.78 is 39.2. The van der Waals surface area contributed by atoms with E-state index in [9.17, 15) is 0 Å². The average Bonchev–Trinajstić information content (AvgIpc) is 3.08. The summed E-state index contributed by atoms with van der Waals surface area (Å²) in [7, 11) is 0. The number of thioether (sulfide) groups is 1. The molecule has 0 spiro atoms. The Hall–Kier alpha value is -3.08. The van der Waals surface area contributed by atoms with Crippen molar-refractivity contribution in [1.29, 1.82) is 0 Å². The van der Waals surface area contributed by atoms with Gasteiger partial charge in [-0.05, 0) is 53.2 Å². The highest BCUT2D eigenvalue weighted by atomic mass is 32.2. The van der Waals surface area contributed by atoms with Crippen molar-refractivity contribution in [3.8, 4) is 0 Å².